The molecule has 0 radical (unpaired) electrons. The molecule has 0 bridgehead atoms. The molecule has 1 heterocycles. The number of hydrogen-bond acceptors (Lipinski definition) is 3. The molecular weight excluding hydrogens is 391 g/mol. The number of halogens is 2. The van der Waals surface area contributed by atoms with Gasteiger partial charge in [-0.2, -0.15) is 0 Å². The van der Waals surface area contributed by atoms with E-state index in [2.05, 4.69) is 4.90 Å². The van der Waals surface area contributed by atoms with Crippen LogP contribution in [0.3, 0.4) is 0 Å². The normalized spacial score (nSPS) is 15.9. The average molecular weight is 419 g/mol. The number of piperazine rings is 1. The average Bonchev–Trinajstić information content (AvgIpc) is 2.73. The molecule has 3 rings (SSSR count). The Labute approximate surface area is 177 Å². The van der Waals surface area contributed by atoms with Gasteiger partial charge in [-0.05, 0) is 49.1 Å². The van der Waals surface area contributed by atoms with E-state index in [1.54, 1.807) is 6.92 Å². The fourth-order valence-electron chi connectivity index (χ4n) is 3.44. The Morgan fingerprint density at radius 1 is 1.10 bits per heavy atom. The minimum atomic E-state index is -0.853. The van der Waals surface area contributed by atoms with Gasteiger partial charge in [-0.25, -0.2) is 4.39 Å². The molecule has 0 aliphatic carbocycles. The minimum Gasteiger partial charge on any atom is -0.483 e. The predicted molar refractivity (Wildman–Crippen MR) is 114 cm³/mol. The first-order valence-electron chi connectivity index (χ1n) is 10.1. The highest BCUT2D eigenvalue weighted by molar-refractivity contribution is 6.30. The summed E-state index contributed by atoms with van der Waals surface area (Å²) in [5.74, 6) is 0.660. The van der Waals surface area contributed by atoms with Crippen LogP contribution >= 0.6 is 11.6 Å². The monoisotopic (exact) mass is 418 g/mol. The van der Waals surface area contributed by atoms with Crippen molar-refractivity contribution in [1.82, 2.24) is 9.80 Å². The van der Waals surface area contributed by atoms with Crippen LogP contribution in [0.2, 0.25) is 5.02 Å². The summed E-state index contributed by atoms with van der Waals surface area (Å²) in [6.07, 6.45) is 0.198. The molecule has 0 aromatic heterocycles. The third-order valence-corrected chi connectivity index (χ3v) is 5.43. The molecule has 6 heteroatoms. The number of benzene rings is 2. The van der Waals surface area contributed by atoms with Gasteiger partial charge in [0.15, 0.2) is 6.61 Å². The maximum atomic E-state index is 13.2. The molecule has 2 aromatic rings. The van der Waals surface area contributed by atoms with Gasteiger partial charge < -0.3 is 9.64 Å². The minimum absolute atomic E-state index is 0.00944. The Morgan fingerprint density at radius 3 is 2.48 bits per heavy atom. The van der Waals surface area contributed by atoms with Crippen LogP contribution in [-0.2, 0) is 17.8 Å². The Morgan fingerprint density at radius 2 is 1.79 bits per heavy atom. The Bertz CT molecular complexity index is 790. The van der Waals surface area contributed by atoms with E-state index < -0.39 is 6.17 Å². The van der Waals surface area contributed by atoms with Crippen LogP contribution in [0.15, 0.2) is 48.5 Å². The Hall–Kier alpha value is -2.11. The van der Waals surface area contributed by atoms with E-state index in [0.29, 0.717) is 31.7 Å². The van der Waals surface area contributed by atoms with Gasteiger partial charge in [-0.3, -0.25) is 9.69 Å². The number of hydrogen-bond donors (Lipinski definition) is 0. The van der Waals surface area contributed by atoms with E-state index in [1.165, 1.54) is 5.56 Å². The number of aryl methyl sites for hydroxylation is 1. The Kier molecular flexibility index (Phi) is 7.90. The zero-order valence-corrected chi connectivity index (χ0v) is 17.6. The van der Waals surface area contributed by atoms with E-state index in [-0.39, 0.29) is 12.5 Å². The maximum absolute atomic E-state index is 13.2. The van der Waals surface area contributed by atoms with Crippen molar-refractivity contribution in [1.29, 1.82) is 0 Å². The second kappa shape index (κ2) is 10.6. The summed E-state index contributed by atoms with van der Waals surface area (Å²) in [5.41, 5.74) is 2.16. The lowest BCUT2D eigenvalue weighted by atomic mass is 10.1. The van der Waals surface area contributed by atoms with Crippen LogP contribution in [0.25, 0.3) is 0 Å². The van der Waals surface area contributed by atoms with Crippen molar-refractivity contribution in [2.75, 3.05) is 32.8 Å². The first-order chi connectivity index (χ1) is 14.0. The molecule has 29 heavy (non-hydrogen) atoms. The summed E-state index contributed by atoms with van der Waals surface area (Å²) >= 11 is 5.94. The fraction of sp³-hybridized carbons (Fsp3) is 0.435. The highest BCUT2D eigenvalue weighted by atomic mass is 35.5. The summed E-state index contributed by atoms with van der Waals surface area (Å²) in [7, 11) is 0. The van der Waals surface area contributed by atoms with Crippen molar-refractivity contribution in [3.63, 3.8) is 0 Å². The molecule has 0 spiro atoms. The SMILES string of the molecule is CC(F)CCc1ccccc1OCC(=O)N1CCN(Cc2ccc(Cl)cc2)CC1. The second-order valence-corrected chi connectivity index (χ2v) is 7.94. The van der Waals surface area contributed by atoms with Gasteiger partial charge in [0.2, 0.25) is 0 Å². The molecule has 1 unspecified atom stereocenters. The van der Waals surface area contributed by atoms with Gasteiger partial charge in [0.1, 0.15) is 5.75 Å². The van der Waals surface area contributed by atoms with Gasteiger partial charge in [-0.1, -0.05) is 41.9 Å². The van der Waals surface area contributed by atoms with Crippen molar-refractivity contribution in [3.05, 3.63) is 64.7 Å². The highest BCUT2D eigenvalue weighted by Crippen LogP contribution is 2.21. The molecule has 0 N–H and O–H groups in total. The summed E-state index contributed by atoms with van der Waals surface area (Å²) in [4.78, 5) is 16.7. The van der Waals surface area contributed by atoms with E-state index in [1.807, 2.05) is 53.4 Å². The number of amides is 1. The zero-order valence-electron chi connectivity index (χ0n) is 16.8. The predicted octanol–water partition coefficient (Wildman–Crippen LogP) is 4.35. The van der Waals surface area contributed by atoms with E-state index in [0.717, 1.165) is 30.2 Å². The number of rotatable bonds is 8. The van der Waals surface area contributed by atoms with Crippen LogP contribution in [0.5, 0.6) is 5.75 Å². The van der Waals surface area contributed by atoms with Crippen LogP contribution in [0.1, 0.15) is 24.5 Å². The molecule has 0 saturated carbocycles. The third-order valence-electron chi connectivity index (χ3n) is 5.18. The number of carbonyl (C=O) groups excluding carboxylic acids is 1. The lowest BCUT2D eigenvalue weighted by Gasteiger charge is -2.34. The second-order valence-electron chi connectivity index (χ2n) is 7.50. The largest absolute Gasteiger partial charge is 0.483 e. The number of alkyl halides is 1. The maximum Gasteiger partial charge on any atom is 0.260 e. The van der Waals surface area contributed by atoms with Crippen LogP contribution in [0.4, 0.5) is 4.39 Å². The third kappa shape index (κ3) is 6.72. The molecule has 4 nitrogen and oxygen atoms in total. The number of carbonyl (C=O) groups is 1. The van der Waals surface area contributed by atoms with E-state index in [4.69, 9.17) is 16.3 Å². The molecule has 1 aliphatic rings. The van der Waals surface area contributed by atoms with Crippen LogP contribution in [-0.4, -0.2) is 54.7 Å². The molecule has 1 fully saturated rings. The van der Waals surface area contributed by atoms with Crippen molar-refractivity contribution in [3.8, 4) is 5.75 Å². The molecule has 1 aliphatic heterocycles. The first-order valence-corrected chi connectivity index (χ1v) is 10.5. The standard InChI is InChI=1S/C23H28ClFN2O2/c1-18(25)6-9-20-4-2-3-5-22(20)29-17-23(28)27-14-12-26(13-15-27)16-19-7-10-21(24)11-8-19/h2-5,7-8,10-11,18H,6,9,12-17H2,1H3. The van der Waals surface area contributed by atoms with Gasteiger partial charge in [-0.15, -0.1) is 0 Å². The summed E-state index contributed by atoms with van der Waals surface area (Å²) in [6, 6.07) is 15.4. The van der Waals surface area contributed by atoms with Crippen molar-refractivity contribution < 1.29 is 13.9 Å². The topological polar surface area (TPSA) is 32.8 Å². The lowest BCUT2D eigenvalue weighted by molar-refractivity contribution is -0.135. The molecule has 1 amide bonds. The molecule has 1 saturated heterocycles. The van der Waals surface area contributed by atoms with E-state index >= 15 is 0 Å². The van der Waals surface area contributed by atoms with Gasteiger partial charge >= 0.3 is 0 Å². The number of ether oxygens (including phenoxy) is 1. The van der Waals surface area contributed by atoms with Gasteiger partial charge in [0, 0.05) is 37.7 Å². The quantitative estimate of drug-likeness (QED) is 0.638. The summed E-state index contributed by atoms with van der Waals surface area (Å²) in [6.45, 7) is 5.47. The highest BCUT2D eigenvalue weighted by Gasteiger charge is 2.21. The van der Waals surface area contributed by atoms with Crippen molar-refractivity contribution >= 4 is 17.5 Å². The first kappa shape index (κ1) is 21.6. The van der Waals surface area contributed by atoms with E-state index in [9.17, 15) is 9.18 Å². The Balaban J connectivity index is 1.45. The number of nitrogens with zero attached hydrogens (tertiary/aromatic N) is 2. The lowest BCUT2D eigenvalue weighted by Crippen LogP contribution is -2.49. The summed E-state index contributed by atoms with van der Waals surface area (Å²) in [5, 5.41) is 0.741. The fourth-order valence-corrected chi connectivity index (χ4v) is 3.57. The van der Waals surface area contributed by atoms with Gasteiger partial charge in [0.25, 0.3) is 5.91 Å². The smallest absolute Gasteiger partial charge is 0.260 e. The molecule has 1 atom stereocenters. The van der Waals surface area contributed by atoms with Crippen LogP contribution in [0, 0.1) is 0 Å². The van der Waals surface area contributed by atoms with Crippen molar-refractivity contribution in [2.45, 2.75) is 32.5 Å². The molecule has 156 valence electrons. The molecular formula is C23H28ClFN2O2. The van der Waals surface area contributed by atoms with Gasteiger partial charge in [0.05, 0.1) is 6.17 Å². The zero-order chi connectivity index (χ0) is 20.6. The number of para-hydroxylation sites is 1. The van der Waals surface area contributed by atoms with Crippen LogP contribution < -0.4 is 4.74 Å². The van der Waals surface area contributed by atoms with Crippen molar-refractivity contribution in [2.24, 2.45) is 0 Å². The molecule has 2 aromatic carbocycles. The summed E-state index contributed by atoms with van der Waals surface area (Å²) < 4.78 is 18.9.